The van der Waals surface area contributed by atoms with Gasteiger partial charge < -0.3 is 14.8 Å². The third-order valence-electron chi connectivity index (χ3n) is 3.66. The van der Waals surface area contributed by atoms with E-state index in [4.69, 9.17) is 9.47 Å². The topological polar surface area (TPSA) is 30.5 Å². The molecule has 0 aromatic heterocycles. The predicted molar refractivity (Wildman–Crippen MR) is 72.8 cm³/mol. The standard InChI is InChI=1S/C13H25NO2S/c1-2-15-7-3-6-14-12-4-8-16-13(10-12)5-9-17-11-13/h12,14H,2-11H2,1H3. The molecule has 0 aromatic rings. The lowest BCUT2D eigenvalue weighted by molar-refractivity contribution is -0.0701. The number of hydrogen-bond acceptors (Lipinski definition) is 4. The van der Waals surface area contributed by atoms with Crippen LogP contribution in [0.15, 0.2) is 0 Å². The van der Waals surface area contributed by atoms with Crippen molar-refractivity contribution in [1.82, 2.24) is 5.32 Å². The fourth-order valence-electron chi connectivity index (χ4n) is 2.69. The van der Waals surface area contributed by atoms with Gasteiger partial charge in [-0.25, -0.2) is 0 Å². The molecule has 2 saturated heterocycles. The predicted octanol–water partition coefficient (Wildman–Crippen LogP) is 2.06. The Morgan fingerprint density at radius 2 is 2.47 bits per heavy atom. The fourth-order valence-corrected chi connectivity index (χ4v) is 4.07. The van der Waals surface area contributed by atoms with Crippen molar-refractivity contribution in [3.05, 3.63) is 0 Å². The molecule has 2 atom stereocenters. The first-order chi connectivity index (χ1) is 8.35. The van der Waals surface area contributed by atoms with Crippen molar-refractivity contribution < 1.29 is 9.47 Å². The van der Waals surface area contributed by atoms with Gasteiger partial charge in [0.2, 0.25) is 0 Å². The van der Waals surface area contributed by atoms with Gasteiger partial charge >= 0.3 is 0 Å². The summed E-state index contributed by atoms with van der Waals surface area (Å²) in [5.41, 5.74) is 0.209. The van der Waals surface area contributed by atoms with Crippen LogP contribution >= 0.6 is 11.8 Å². The van der Waals surface area contributed by atoms with Crippen molar-refractivity contribution in [1.29, 1.82) is 0 Å². The van der Waals surface area contributed by atoms with E-state index in [1.54, 1.807) is 0 Å². The normalized spacial score (nSPS) is 33.4. The van der Waals surface area contributed by atoms with Gasteiger partial charge in [-0.1, -0.05) is 0 Å². The maximum absolute atomic E-state index is 6.02. The van der Waals surface area contributed by atoms with E-state index in [1.165, 1.54) is 30.8 Å². The Morgan fingerprint density at radius 1 is 1.53 bits per heavy atom. The first kappa shape index (κ1) is 13.7. The van der Waals surface area contributed by atoms with Crippen molar-refractivity contribution in [3.63, 3.8) is 0 Å². The molecule has 1 spiro atoms. The van der Waals surface area contributed by atoms with Gasteiger partial charge in [-0.15, -0.1) is 0 Å². The zero-order valence-corrected chi connectivity index (χ0v) is 11.7. The molecular weight excluding hydrogens is 234 g/mol. The van der Waals surface area contributed by atoms with E-state index in [9.17, 15) is 0 Å². The van der Waals surface area contributed by atoms with Gasteiger partial charge in [0.15, 0.2) is 0 Å². The van der Waals surface area contributed by atoms with E-state index in [0.29, 0.717) is 6.04 Å². The molecule has 0 radical (unpaired) electrons. The van der Waals surface area contributed by atoms with Crippen LogP contribution in [0.2, 0.25) is 0 Å². The van der Waals surface area contributed by atoms with Crippen molar-refractivity contribution in [3.8, 4) is 0 Å². The molecule has 0 aliphatic carbocycles. The summed E-state index contributed by atoms with van der Waals surface area (Å²) < 4.78 is 11.4. The Bertz CT molecular complexity index is 219. The highest BCUT2D eigenvalue weighted by Gasteiger charge is 2.40. The molecule has 17 heavy (non-hydrogen) atoms. The largest absolute Gasteiger partial charge is 0.382 e. The van der Waals surface area contributed by atoms with E-state index in [0.717, 1.165) is 32.8 Å². The van der Waals surface area contributed by atoms with Crippen molar-refractivity contribution in [2.24, 2.45) is 0 Å². The van der Waals surface area contributed by atoms with Crippen LogP contribution in [0.25, 0.3) is 0 Å². The van der Waals surface area contributed by atoms with Gasteiger partial charge in [-0.05, 0) is 44.9 Å². The van der Waals surface area contributed by atoms with Gasteiger partial charge in [-0.2, -0.15) is 11.8 Å². The van der Waals surface area contributed by atoms with Crippen LogP contribution in [0, 0.1) is 0 Å². The second-order valence-electron chi connectivity index (χ2n) is 5.03. The van der Waals surface area contributed by atoms with Crippen LogP contribution < -0.4 is 5.32 Å². The Morgan fingerprint density at radius 3 is 3.24 bits per heavy atom. The van der Waals surface area contributed by atoms with Crippen LogP contribution in [0.3, 0.4) is 0 Å². The molecule has 0 bridgehead atoms. The summed E-state index contributed by atoms with van der Waals surface area (Å²) in [6, 6.07) is 0.657. The van der Waals surface area contributed by atoms with Crippen LogP contribution in [0.4, 0.5) is 0 Å². The first-order valence-corrected chi connectivity index (χ1v) is 8.03. The second-order valence-corrected chi connectivity index (χ2v) is 6.13. The lowest BCUT2D eigenvalue weighted by Gasteiger charge is -2.38. The summed E-state index contributed by atoms with van der Waals surface area (Å²) >= 11 is 2.04. The second kappa shape index (κ2) is 6.98. The summed E-state index contributed by atoms with van der Waals surface area (Å²) in [6.07, 6.45) is 4.73. The highest BCUT2D eigenvalue weighted by atomic mass is 32.2. The highest BCUT2D eigenvalue weighted by molar-refractivity contribution is 7.99. The molecule has 0 saturated carbocycles. The van der Waals surface area contributed by atoms with Crippen LogP contribution in [0.1, 0.15) is 32.6 Å². The summed E-state index contributed by atoms with van der Waals surface area (Å²) in [4.78, 5) is 0. The highest BCUT2D eigenvalue weighted by Crippen LogP contribution is 2.38. The molecule has 3 nitrogen and oxygen atoms in total. The number of rotatable bonds is 6. The van der Waals surface area contributed by atoms with E-state index in [-0.39, 0.29) is 5.60 Å². The zero-order valence-electron chi connectivity index (χ0n) is 10.9. The van der Waals surface area contributed by atoms with Gasteiger partial charge in [0, 0.05) is 31.6 Å². The molecule has 100 valence electrons. The maximum atomic E-state index is 6.02. The molecule has 2 fully saturated rings. The van der Waals surface area contributed by atoms with Crippen molar-refractivity contribution in [2.45, 2.75) is 44.2 Å². The van der Waals surface area contributed by atoms with Crippen LogP contribution in [-0.2, 0) is 9.47 Å². The van der Waals surface area contributed by atoms with Gasteiger partial charge in [0.1, 0.15) is 0 Å². The molecule has 4 heteroatoms. The summed E-state index contributed by atoms with van der Waals surface area (Å²) in [6.45, 7) is 5.77. The van der Waals surface area contributed by atoms with Gasteiger partial charge in [-0.3, -0.25) is 0 Å². The number of thioether (sulfide) groups is 1. The molecule has 2 rings (SSSR count). The summed E-state index contributed by atoms with van der Waals surface area (Å²) in [5.74, 6) is 2.47. The number of ether oxygens (including phenoxy) is 2. The average Bonchev–Trinajstić information content (AvgIpc) is 2.77. The lowest BCUT2D eigenvalue weighted by Crippen LogP contribution is -2.47. The van der Waals surface area contributed by atoms with Crippen LogP contribution in [0.5, 0.6) is 0 Å². The van der Waals surface area contributed by atoms with Gasteiger partial charge in [0.05, 0.1) is 5.60 Å². The smallest absolute Gasteiger partial charge is 0.0795 e. The maximum Gasteiger partial charge on any atom is 0.0795 e. The lowest BCUT2D eigenvalue weighted by atomic mass is 9.90. The molecule has 1 N–H and O–H groups in total. The molecular formula is C13H25NO2S. The third-order valence-corrected chi connectivity index (χ3v) is 4.89. The third kappa shape index (κ3) is 4.12. The molecule has 2 aliphatic heterocycles. The molecule has 2 unspecified atom stereocenters. The Labute approximate surface area is 109 Å². The average molecular weight is 259 g/mol. The Kier molecular flexibility index (Phi) is 5.60. The number of hydrogen-bond donors (Lipinski definition) is 1. The molecule has 2 aliphatic rings. The SMILES string of the molecule is CCOCCCNC1CCOC2(CCSC2)C1. The van der Waals surface area contributed by atoms with Crippen LogP contribution in [-0.4, -0.2) is 49.5 Å². The first-order valence-electron chi connectivity index (χ1n) is 6.87. The van der Waals surface area contributed by atoms with Crippen molar-refractivity contribution >= 4 is 11.8 Å². The van der Waals surface area contributed by atoms with E-state index < -0.39 is 0 Å². The summed E-state index contributed by atoms with van der Waals surface area (Å²) in [7, 11) is 0. The van der Waals surface area contributed by atoms with E-state index in [1.807, 2.05) is 18.7 Å². The minimum atomic E-state index is 0.209. The van der Waals surface area contributed by atoms with E-state index in [2.05, 4.69) is 5.32 Å². The van der Waals surface area contributed by atoms with Gasteiger partial charge in [0.25, 0.3) is 0 Å². The molecule has 0 amide bonds. The fraction of sp³-hybridized carbons (Fsp3) is 1.00. The number of nitrogens with one attached hydrogen (secondary N) is 1. The summed E-state index contributed by atoms with van der Waals surface area (Å²) in [5, 5.41) is 3.66. The minimum Gasteiger partial charge on any atom is -0.382 e. The quantitative estimate of drug-likeness (QED) is 0.740. The molecule has 0 aromatic carbocycles. The molecule has 2 heterocycles. The monoisotopic (exact) mass is 259 g/mol. The van der Waals surface area contributed by atoms with Crippen molar-refractivity contribution in [2.75, 3.05) is 37.9 Å². The zero-order chi connectivity index (χ0) is 12.0. The van der Waals surface area contributed by atoms with E-state index >= 15 is 0 Å². The minimum absolute atomic E-state index is 0.209. The Balaban J connectivity index is 1.63. The Hall–Kier alpha value is 0.230.